The Morgan fingerprint density at radius 2 is 1.59 bits per heavy atom. The van der Waals surface area contributed by atoms with Gasteiger partial charge in [0.25, 0.3) is 0 Å². The zero-order chi connectivity index (χ0) is 13.4. The Labute approximate surface area is 98.2 Å². The normalized spacial score (nSPS) is 12.7. The van der Waals surface area contributed by atoms with E-state index in [9.17, 15) is 13.2 Å². The highest BCUT2D eigenvalue weighted by molar-refractivity contribution is 6.59. The summed E-state index contributed by atoms with van der Waals surface area (Å²) in [5.41, 5.74) is -1.46. The summed E-state index contributed by atoms with van der Waals surface area (Å²) < 4.78 is 38.3. The molecule has 0 aliphatic carbocycles. The van der Waals surface area contributed by atoms with E-state index in [1.807, 2.05) is 0 Å². The van der Waals surface area contributed by atoms with Crippen LogP contribution < -0.4 is 5.46 Å². The van der Waals surface area contributed by atoms with Crippen LogP contribution in [0.1, 0.15) is 31.9 Å². The molecule has 0 aliphatic heterocycles. The molecule has 0 spiro atoms. The third-order valence-corrected chi connectivity index (χ3v) is 2.50. The molecule has 0 radical (unpaired) electrons. The van der Waals surface area contributed by atoms with Crippen molar-refractivity contribution in [3.05, 3.63) is 29.3 Å². The lowest BCUT2D eigenvalue weighted by atomic mass is 9.74. The predicted octanol–water partition coefficient (Wildman–Crippen LogP) is 1.68. The molecule has 1 rings (SSSR count). The van der Waals surface area contributed by atoms with Crippen LogP contribution in [0.5, 0.6) is 0 Å². The van der Waals surface area contributed by atoms with Gasteiger partial charge in [-0.3, -0.25) is 0 Å². The van der Waals surface area contributed by atoms with Gasteiger partial charge in [-0.2, -0.15) is 13.2 Å². The maximum atomic E-state index is 12.8. The molecular weight excluding hydrogens is 232 g/mol. The number of benzene rings is 1. The van der Waals surface area contributed by atoms with E-state index in [2.05, 4.69) is 0 Å². The number of halogens is 3. The van der Waals surface area contributed by atoms with E-state index in [4.69, 9.17) is 10.0 Å². The SMILES string of the molecule is CC(C)(C)c1ccc(B(O)O)c(C(F)(F)F)c1. The van der Waals surface area contributed by atoms with E-state index in [1.165, 1.54) is 6.07 Å². The second kappa shape index (κ2) is 4.35. The zero-order valence-corrected chi connectivity index (χ0v) is 9.84. The van der Waals surface area contributed by atoms with Gasteiger partial charge >= 0.3 is 13.3 Å². The molecule has 17 heavy (non-hydrogen) atoms. The first kappa shape index (κ1) is 14.1. The van der Waals surface area contributed by atoms with E-state index in [1.54, 1.807) is 20.8 Å². The highest BCUT2D eigenvalue weighted by atomic mass is 19.4. The second-order valence-corrected chi connectivity index (χ2v) is 4.92. The van der Waals surface area contributed by atoms with Gasteiger partial charge in [0, 0.05) is 0 Å². The third-order valence-electron chi connectivity index (χ3n) is 2.50. The predicted molar refractivity (Wildman–Crippen MR) is 60.0 cm³/mol. The summed E-state index contributed by atoms with van der Waals surface area (Å²) in [5, 5.41) is 17.8. The molecule has 1 aromatic carbocycles. The number of alkyl halides is 3. The smallest absolute Gasteiger partial charge is 0.423 e. The molecule has 94 valence electrons. The standard InChI is InChI=1S/C11H14BF3O2/c1-10(2,3)7-4-5-9(12(16)17)8(6-7)11(13,14)15/h4-6,16-17H,1-3H3. The minimum absolute atomic E-state index is 0.432. The van der Waals surface area contributed by atoms with Crippen LogP contribution in [0.15, 0.2) is 18.2 Å². The van der Waals surface area contributed by atoms with Crippen molar-refractivity contribution < 1.29 is 23.2 Å². The van der Waals surface area contributed by atoms with Crippen molar-refractivity contribution in [3.63, 3.8) is 0 Å². The fourth-order valence-electron chi connectivity index (χ4n) is 1.49. The topological polar surface area (TPSA) is 40.5 Å². The summed E-state index contributed by atoms with van der Waals surface area (Å²) in [6.07, 6.45) is -4.60. The van der Waals surface area contributed by atoms with Gasteiger partial charge in [-0.15, -0.1) is 0 Å². The van der Waals surface area contributed by atoms with Crippen LogP contribution in [0.3, 0.4) is 0 Å². The van der Waals surface area contributed by atoms with Crippen LogP contribution in [0.4, 0.5) is 13.2 Å². The molecule has 0 atom stereocenters. The first-order valence-corrected chi connectivity index (χ1v) is 5.11. The lowest BCUT2D eigenvalue weighted by molar-refractivity contribution is -0.136. The fraction of sp³-hybridized carbons (Fsp3) is 0.455. The van der Waals surface area contributed by atoms with Gasteiger partial charge in [0.05, 0.1) is 5.56 Å². The Morgan fingerprint density at radius 1 is 1.06 bits per heavy atom. The summed E-state index contributed by atoms with van der Waals surface area (Å²) in [4.78, 5) is 0. The highest BCUT2D eigenvalue weighted by Gasteiger charge is 2.37. The van der Waals surface area contributed by atoms with E-state index in [0.717, 1.165) is 12.1 Å². The monoisotopic (exact) mass is 246 g/mol. The molecule has 2 N–H and O–H groups in total. The van der Waals surface area contributed by atoms with Crippen molar-refractivity contribution in [2.24, 2.45) is 0 Å². The molecule has 0 amide bonds. The van der Waals surface area contributed by atoms with Crippen molar-refractivity contribution in [1.29, 1.82) is 0 Å². The average molecular weight is 246 g/mol. The van der Waals surface area contributed by atoms with Gasteiger partial charge in [0.2, 0.25) is 0 Å². The summed E-state index contributed by atoms with van der Waals surface area (Å²) in [6.45, 7) is 5.37. The van der Waals surface area contributed by atoms with Crippen molar-refractivity contribution >= 4 is 12.6 Å². The molecule has 6 heteroatoms. The molecule has 0 saturated heterocycles. The molecule has 2 nitrogen and oxygen atoms in total. The van der Waals surface area contributed by atoms with Crippen molar-refractivity contribution in [2.75, 3.05) is 0 Å². The van der Waals surface area contributed by atoms with E-state index >= 15 is 0 Å². The molecule has 0 unspecified atom stereocenters. The minimum atomic E-state index is -4.60. The summed E-state index contributed by atoms with van der Waals surface area (Å²) in [7, 11) is -2.12. The van der Waals surface area contributed by atoms with Crippen molar-refractivity contribution in [3.8, 4) is 0 Å². The van der Waals surface area contributed by atoms with Crippen molar-refractivity contribution in [1.82, 2.24) is 0 Å². The minimum Gasteiger partial charge on any atom is -0.423 e. The van der Waals surface area contributed by atoms with E-state index in [0.29, 0.717) is 5.56 Å². The number of hydrogen-bond acceptors (Lipinski definition) is 2. The molecule has 0 fully saturated rings. The van der Waals surface area contributed by atoms with E-state index < -0.39 is 29.7 Å². The fourth-order valence-corrected chi connectivity index (χ4v) is 1.49. The van der Waals surface area contributed by atoms with E-state index in [-0.39, 0.29) is 0 Å². The van der Waals surface area contributed by atoms with Crippen LogP contribution in [0, 0.1) is 0 Å². The van der Waals surface area contributed by atoms with Gasteiger partial charge in [0.1, 0.15) is 0 Å². The lowest BCUT2D eigenvalue weighted by Gasteiger charge is -2.22. The highest BCUT2D eigenvalue weighted by Crippen LogP contribution is 2.31. The van der Waals surface area contributed by atoms with Crippen LogP contribution in [-0.2, 0) is 11.6 Å². The van der Waals surface area contributed by atoms with Crippen molar-refractivity contribution in [2.45, 2.75) is 32.4 Å². The zero-order valence-electron chi connectivity index (χ0n) is 9.84. The molecule has 0 aliphatic rings. The summed E-state index contributed by atoms with van der Waals surface area (Å²) >= 11 is 0. The molecular formula is C11H14BF3O2. The second-order valence-electron chi connectivity index (χ2n) is 4.92. The van der Waals surface area contributed by atoms with Gasteiger partial charge in [0.15, 0.2) is 0 Å². The van der Waals surface area contributed by atoms with Gasteiger partial charge in [-0.25, -0.2) is 0 Å². The number of hydrogen-bond donors (Lipinski definition) is 2. The largest absolute Gasteiger partial charge is 0.489 e. The van der Waals surface area contributed by atoms with Crippen LogP contribution in [0.25, 0.3) is 0 Å². The summed E-state index contributed by atoms with van der Waals surface area (Å²) in [6, 6.07) is 3.55. The van der Waals surface area contributed by atoms with Gasteiger partial charge < -0.3 is 10.0 Å². The molecule has 0 saturated carbocycles. The first-order valence-electron chi connectivity index (χ1n) is 5.11. The number of rotatable bonds is 1. The van der Waals surface area contributed by atoms with Crippen LogP contribution in [0.2, 0.25) is 0 Å². The Kier molecular flexibility index (Phi) is 3.59. The molecule has 0 bridgehead atoms. The Hall–Kier alpha value is -1.01. The third kappa shape index (κ3) is 3.23. The Bertz CT molecular complexity index is 408. The molecule has 1 aromatic rings. The van der Waals surface area contributed by atoms with Crippen LogP contribution >= 0.6 is 0 Å². The van der Waals surface area contributed by atoms with Gasteiger partial charge in [-0.1, -0.05) is 32.9 Å². The maximum Gasteiger partial charge on any atom is 0.489 e. The summed E-state index contributed by atoms with van der Waals surface area (Å²) in [5.74, 6) is 0. The van der Waals surface area contributed by atoms with Crippen LogP contribution in [-0.4, -0.2) is 17.2 Å². The Balaban J connectivity index is 3.41. The molecule has 0 aromatic heterocycles. The lowest BCUT2D eigenvalue weighted by Crippen LogP contribution is -2.36. The quantitative estimate of drug-likeness (QED) is 0.740. The Morgan fingerprint density at radius 3 is 1.94 bits per heavy atom. The first-order chi connectivity index (χ1) is 7.53. The molecule has 0 heterocycles. The maximum absolute atomic E-state index is 12.8. The van der Waals surface area contributed by atoms with Gasteiger partial charge in [-0.05, 0) is 22.5 Å². The average Bonchev–Trinajstić information content (AvgIpc) is 2.14.